The number of nitrogens with one attached hydrogen (secondary N) is 1. The standard InChI is InChI=1S/C21H27NO5S2/c1-2-26-21(23)16-27-18-11-8-17(9-12-18)10-13-19(28)14-15-22-29(24,25)20-6-4-3-5-7-20/h3-9,11-12,19,22,28H,2,10,13-16H2,1H3. The van der Waals surface area contributed by atoms with E-state index >= 15 is 0 Å². The second-order valence-corrected chi connectivity index (χ2v) is 8.93. The van der Waals surface area contributed by atoms with Crippen LogP contribution in [-0.2, 0) is 26.0 Å². The molecule has 0 radical (unpaired) electrons. The molecular formula is C21H27NO5S2. The lowest BCUT2D eigenvalue weighted by molar-refractivity contribution is -0.145. The van der Waals surface area contributed by atoms with Crippen LogP contribution in [0.15, 0.2) is 59.5 Å². The van der Waals surface area contributed by atoms with Crippen molar-refractivity contribution in [3.8, 4) is 5.75 Å². The molecule has 1 unspecified atom stereocenters. The van der Waals surface area contributed by atoms with Crippen LogP contribution in [0.5, 0.6) is 5.75 Å². The van der Waals surface area contributed by atoms with Crippen molar-refractivity contribution in [3.63, 3.8) is 0 Å². The summed E-state index contributed by atoms with van der Waals surface area (Å²) >= 11 is 4.56. The van der Waals surface area contributed by atoms with Crippen LogP contribution in [0.3, 0.4) is 0 Å². The number of hydrogen-bond donors (Lipinski definition) is 2. The molecule has 0 aliphatic rings. The number of sulfonamides is 1. The van der Waals surface area contributed by atoms with E-state index < -0.39 is 16.0 Å². The molecule has 0 aliphatic carbocycles. The van der Waals surface area contributed by atoms with Crippen molar-refractivity contribution in [3.05, 3.63) is 60.2 Å². The van der Waals surface area contributed by atoms with Gasteiger partial charge in [0.1, 0.15) is 5.75 Å². The zero-order chi connectivity index (χ0) is 21.1. The number of hydrogen-bond acceptors (Lipinski definition) is 6. The highest BCUT2D eigenvalue weighted by Gasteiger charge is 2.13. The fourth-order valence-corrected chi connectivity index (χ4v) is 3.94. The molecule has 0 fully saturated rings. The molecule has 29 heavy (non-hydrogen) atoms. The summed E-state index contributed by atoms with van der Waals surface area (Å²) in [4.78, 5) is 11.6. The van der Waals surface area contributed by atoms with E-state index in [1.807, 2.05) is 24.3 Å². The van der Waals surface area contributed by atoms with Crippen molar-refractivity contribution in [2.45, 2.75) is 36.3 Å². The molecule has 0 saturated carbocycles. The minimum Gasteiger partial charge on any atom is -0.482 e. The Kier molecular flexibility index (Phi) is 9.50. The number of ether oxygens (including phenoxy) is 2. The van der Waals surface area contributed by atoms with Crippen LogP contribution < -0.4 is 9.46 Å². The molecule has 158 valence electrons. The lowest BCUT2D eigenvalue weighted by Crippen LogP contribution is -2.26. The quantitative estimate of drug-likeness (QED) is 0.394. The van der Waals surface area contributed by atoms with E-state index in [1.54, 1.807) is 37.3 Å². The van der Waals surface area contributed by atoms with Crippen molar-refractivity contribution >= 4 is 28.6 Å². The summed E-state index contributed by atoms with van der Waals surface area (Å²) in [5.41, 5.74) is 1.12. The SMILES string of the molecule is CCOC(=O)COc1ccc(CCC(S)CCNS(=O)(=O)c2ccccc2)cc1. The summed E-state index contributed by atoms with van der Waals surface area (Å²) in [6.45, 7) is 2.32. The Hall–Kier alpha value is -2.03. The van der Waals surface area contributed by atoms with E-state index in [2.05, 4.69) is 17.4 Å². The van der Waals surface area contributed by atoms with Crippen LogP contribution in [0.2, 0.25) is 0 Å². The number of benzene rings is 2. The molecule has 2 aromatic rings. The van der Waals surface area contributed by atoms with Crippen LogP contribution in [-0.4, -0.2) is 39.4 Å². The Labute approximate surface area is 178 Å². The molecule has 0 aromatic heterocycles. The van der Waals surface area contributed by atoms with Crippen molar-refractivity contribution in [2.24, 2.45) is 0 Å². The van der Waals surface area contributed by atoms with Gasteiger partial charge in [0.25, 0.3) is 0 Å². The molecule has 8 heteroatoms. The summed E-state index contributed by atoms with van der Waals surface area (Å²) in [5, 5.41) is 0.0770. The molecule has 0 saturated heterocycles. The van der Waals surface area contributed by atoms with Crippen molar-refractivity contribution in [2.75, 3.05) is 19.8 Å². The normalized spacial score (nSPS) is 12.3. The van der Waals surface area contributed by atoms with Gasteiger partial charge in [-0.25, -0.2) is 17.9 Å². The van der Waals surface area contributed by atoms with Gasteiger partial charge in [0.15, 0.2) is 6.61 Å². The largest absolute Gasteiger partial charge is 0.482 e. The van der Waals surface area contributed by atoms with Crippen molar-refractivity contribution in [1.29, 1.82) is 0 Å². The highest BCUT2D eigenvalue weighted by molar-refractivity contribution is 7.89. The minimum atomic E-state index is -3.47. The summed E-state index contributed by atoms with van der Waals surface area (Å²) in [6.07, 6.45) is 2.27. The van der Waals surface area contributed by atoms with Crippen molar-refractivity contribution in [1.82, 2.24) is 4.72 Å². The van der Waals surface area contributed by atoms with E-state index in [-0.39, 0.29) is 16.8 Å². The van der Waals surface area contributed by atoms with Gasteiger partial charge in [0.2, 0.25) is 10.0 Å². The van der Waals surface area contributed by atoms with Gasteiger partial charge in [0, 0.05) is 11.8 Å². The van der Waals surface area contributed by atoms with Crippen molar-refractivity contribution < 1.29 is 22.7 Å². The molecule has 0 amide bonds. The third kappa shape index (κ3) is 8.47. The molecule has 0 spiro atoms. The Morgan fingerprint density at radius 3 is 2.41 bits per heavy atom. The summed E-state index contributed by atoms with van der Waals surface area (Å²) in [7, 11) is -3.47. The predicted molar refractivity (Wildman–Crippen MR) is 116 cm³/mol. The highest BCUT2D eigenvalue weighted by atomic mass is 32.2. The predicted octanol–water partition coefficient (Wildman–Crippen LogP) is 3.23. The van der Waals surface area contributed by atoms with E-state index in [4.69, 9.17) is 9.47 Å². The fraction of sp³-hybridized carbons (Fsp3) is 0.381. The number of esters is 1. The summed E-state index contributed by atoms with van der Waals surface area (Å²) in [5.74, 6) is 0.219. The first-order valence-electron chi connectivity index (χ1n) is 9.51. The molecule has 2 aromatic carbocycles. The van der Waals surface area contributed by atoms with E-state index in [0.717, 1.165) is 18.4 Å². The van der Waals surface area contributed by atoms with Gasteiger partial charge in [-0.2, -0.15) is 12.6 Å². The Bertz CT molecular complexity index is 854. The smallest absolute Gasteiger partial charge is 0.344 e. The Balaban J connectivity index is 1.69. The lowest BCUT2D eigenvalue weighted by Gasteiger charge is -2.12. The molecule has 2 rings (SSSR count). The maximum absolute atomic E-state index is 12.2. The van der Waals surface area contributed by atoms with Crippen LogP contribution >= 0.6 is 12.6 Å². The van der Waals surface area contributed by atoms with Gasteiger partial charge >= 0.3 is 5.97 Å². The Morgan fingerprint density at radius 2 is 1.76 bits per heavy atom. The van der Waals surface area contributed by atoms with E-state index in [1.165, 1.54) is 0 Å². The van der Waals surface area contributed by atoms with Gasteiger partial charge < -0.3 is 9.47 Å². The molecule has 0 heterocycles. The third-order valence-electron chi connectivity index (χ3n) is 4.17. The molecular weight excluding hydrogens is 410 g/mol. The average molecular weight is 438 g/mol. The maximum Gasteiger partial charge on any atom is 0.344 e. The summed E-state index contributed by atoms with van der Waals surface area (Å²) < 4.78 is 37.2. The van der Waals surface area contributed by atoms with Gasteiger partial charge in [-0.1, -0.05) is 30.3 Å². The monoisotopic (exact) mass is 437 g/mol. The van der Waals surface area contributed by atoms with Gasteiger partial charge in [0.05, 0.1) is 11.5 Å². The number of rotatable bonds is 12. The zero-order valence-corrected chi connectivity index (χ0v) is 18.1. The molecule has 0 bridgehead atoms. The maximum atomic E-state index is 12.2. The second-order valence-electron chi connectivity index (χ2n) is 6.43. The topological polar surface area (TPSA) is 81.7 Å². The van der Waals surface area contributed by atoms with Crippen LogP contribution in [0.25, 0.3) is 0 Å². The van der Waals surface area contributed by atoms with Crippen LogP contribution in [0, 0.1) is 0 Å². The third-order valence-corrected chi connectivity index (χ3v) is 6.17. The number of thiol groups is 1. The first-order valence-corrected chi connectivity index (χ1v) is 11.5. The van der Waals surface area contributed by atoms with Crippen LogP contribution in [0.1, 0.15) is 25.3 Å². The average Bonchev–Trinajstić information content (AvgIpc) is 2.72. The molecule has 1 N–H and O–H groups in total. The first-order chi connectivity index (χ1) is 13.9. The number of carbonyl (C=O) groups excluding carboxylic acids is 1. The molecule has 0 aliphatic heterocycles. The molecule has 6 nitrogen and oxygen atoms in total. The highest BCUT2D eigenvalue weighted by Crippen LogP contribution is 2.16. The second kappa shape index (κ2) is 11.8. The van der Waals surface area contributed by atoms with Gasteiger partial charge in [-0.05, 0) is 56.0 Å². The number of aryl methyl sites for hydroxylation is 1. The summed E-state index contributed by atoms with van der Waals surface area (Å²) in [6, 6.07) is 15.8. The Morgan fingerprint density at radius 1 is 1.07 bits per heavy atom. The number of carbonyl (C=O) groups is 1. The zero-order valence-electron chi connectivity index (χ0n) is 16.4. The lowest BCUT2D eigenvalue weighted by atomic mass is 10.1. The van der Waals surface area contributed by atoms with Crippen LogP contribution in [0.4, 0.5) is 0 Å². The van der Waals surface area contributed by atoms with Gasteiger partial charge in [-0.3, -0.25) is 0 Å². The molecule has 1 atom stereocenters. The van der Waals surface area contributed by atoms with E-state index in [0.29, 0.717) is 25.3 Å². The first kappa shape index (κ1) is 23.3. The fourth-order valence-electron chi connectivity index (χ4n) is 2.62. The van der Waals surface area contributed by atoms with E-state index in [9.17, 15) is 13.2 Å². The minimum absolute atomic E-state index is 0.0770. The van der Waals surface area contributed by atoms with Gasteiger partial charge in [-0.15, -0.1) is 0 Å².